The molecule has 0 bridgehead atoms. The lowest BCUT2D eigenvalue weighted by Gasteiger charge is -2.11. The Morgan fingerprint density at radius 1 is 0.293 bits per heavy atom. The summed E-state index contributed by atoms with van der Waals surface area (Å²) in [7, 11) is 0. The molecular formula is C68H64O24. The van der Waals surface area contributed by atoms with Crippen molar-refractivity contribution in [3.63, 3.8) is 0 Å². The average Bonchev–Trinajstić information content (AvgIpc) is 1.87. The fraction of sp³-hybridized carbons (Fsp3) is 0.206. The quantitative estimate of drug-likeness (QED) is 0.00946. The van der Waals surface area contributed by atoms with Gasteiger partial charge in [0.1, 0.15) is 72.4 Å². The van der Waals surface area contributed by atoms with E-state index in [4.69, 9.17) is 56.8 Å². The van der Waals surface area contributed by atoms with Crippen LogP contribution in [0.15, 0.2) is 184 Å². The lowest BCUT2D eigenvalue weighted by atomic mass is 10.2. The minimum Gasteiger partial charge on any atom is -0.494 e. The second-order valence-corrected chi connectivity index (χ2v) is 18.5. The first kappa shape index (κ1) is 70.9. The molecule has 480 valence electrons. The van der Waals surface area contributed by atoms with Crippen molar-refractivity contribution in [3.05, 3.63) is 217 Å². The van der Waals surface area contributed by atoms with Crippen LogP contribution in [0.5, 0.6) is 46.0 Å². The third-order valence-electron chi connectivity index (χ3n) is 11.7. The van der Waals surface area contributed by atoms with Crippen LogP contribution in [0.4, 0.5) is 9.59 Å². The van der Waals surface area contributed by atoms with Crippen molar-refractivity contribution in [3.8, 4) is 46.0 Å². The molecule has 0 aromatic heterocycles. The number of rotatable bonds is 32. The van der Waals surface area contributed by atoms with Gasteiger partial charge in [-0.2, -0.15) is 0 Å². The molecule has 0 spiro atoms. The SMILES string of the molecule is C=CC(=O)OCCCCOc1ccc(C(=O)Oc2ccc(OC(=O)c3ccc(OCCCCOC(=O)C=C)cc3)c(C)c2)cc1.C=CC(=O)OCCOC(=O)Oc1ccc(C(=O)Oc2ccc(OC(=O)c3ccc(OC(=O)OCCOC(=O)C=C)cc3)c(C)c2)cc1. The number of hydrogen-bond donors (Lipinski definition) is 0. The number of ether oxygens (including phenoxy) is 14. The topological polar surface area (TPSA) is 300 Å². The largest absolute Gasteiger partial charge is 0.513 e. The fourth-order valence-electron chi connectivity index (χ4n) is 7.10. The molecule has 0 atom stereocenters. The second kappa shape index (κ2) is 38.5. The zero-order valence-corrected chi connectivity index (χ0v) is 50.1. The molecule has 0 saturated heterocycles. The summed E-state index contributed by atoms with van der Waals surface area (Å²) >= 11 is 0. The first-order chi connectivity index (χ1) is 44.4. The maximum atomic E-state index is 12.7. The molecule has 24 nitrogen and oxygen atoms in total. The highest BCUT2D eigenvalue weighted by atomic mass is 16.7. The van der Waals surface area contributed by atoms with Gasteiger partial charge in [0, 0.05) is 24.3 Å². The Hall–Kier alpha value is -11.8. The van der Waals surface area contributed by atoms with Crippen LogP contribution >= 0.6 is 0 Å². The van der Waals surface area contributed by atoms with Gasteiger partial charge in [-0.05, 0) is 184 Å². The van der Waals surface area contributed by atoms with Crippen molar-refractivity contribution in [1.29, 1.82) is 0 Å². The van der Waals surface area contributed by atoms with Gasteiger partial charge in [0.25, 0.3) is 0 Å². The molecular weight excluding hydrogens is 1200 g/mol. The Morgan fingerprint density at radius 3 is 0.859 bits per heavy atom. The molecule has 6 rings (SSSR count). The summed E-state index contributed by atoms with van der Waals surface area (Å²) in [5.74, 6) is -2.28. The summed E-state index contributed by atoms with van der Waals surface area (Å²) in [6.07, 6.45) is 4.84. The Labute approximate surface area is 528 Å². The molecule has 24 heteroatoms. The van der Waals surface area contributed by atoms with Crippen LogP contribution in [0.1, 0.15) is 78.2 Å². The van der Waals surface area contributed by atoms with Crippen LogP contribution in [0.2, 0.25) is 0 Å². The number of unbranched alkanes of at least 4 members (excludes halogenated alkanes) is 2. The number of aryl methyl sites for hydroxylation is 2. The highest BCUT2D eigenvalue weighted by Crippen LogP contribution is 2.28. The molecule has 0 radical (unpaired) electrons. The normalized spacial score (nSPS) is 10.1. The van der Waals surface area contributed by atoms with E-state index in [0.29, 0.717) is 97.4 Å². The highest BCUT2D eigenvalue weighted by Gasteiger charge is 2.18. The van der Waals surface area contributed by atoms with E-state index in [-0.39, 0.29) is 60.6 Å². The van der Waals surface area contributed by atoms with Crippen molar-refractivity contribution < 1.29 is 114 Å². The molecule has 0 aliphatic rings. The molecule has 0 fully saturated rings. The third-order valence-corrected chi connectivity index (χ3v) is 11.7. The minimum atomic E-state index is -1.03. The van der Waals surface area contributed by atoms with E-state index in [1.807, 2.05) is 0 Å². The highest BCUT2D eigenvalue weighted by molar-refractivity contribution is 5.94. The molecule has 6 aromatic rings. The maximum Gasteiger partial charge on any atom is 0.513 e. The molecule has 92 heavy (non-hydrogen) atoms. The zero-order valence-electron chi connectivity index (χ0n) is 50.1. The zero-order chi connectivity index (χ0) is 66.6. The Kier molecular flexibility index (Phi) is 29.7. The molecule has 0 amide bonds. The Balaban J connectivity index is 0.000000334. The van der Waals surface area contributed by atoms with Gasteiger partial charge in [0.2, 0.25) is 0 Å². The molecule has 6 aromatic carbocycles. The van der Waals surface area contributed by atoms with E-state index >= 15 is 0 Å². The summed E-state index contributed by atoms with van der Waals surface area (Å²) in [5, 5.41) is 0. The Morgan fingerprint density at radius 2 is 0.554 bits per heavy atom. The van der Waals surface area contributed by atoms with Crippen LogP contribution in [-0.2, 0) is 47.6 Å². The van der Waals surface area contributed by atoms with Crippen LogP contribution < -0.4 is 37.9 Å². The van der Waals surface area contributed by atoms with E-state index < -0.39 is 60.1 Å². The molecule has 0 saturated carbocycles. The van der Waals surface area contributed by atoms with E-state index in [9.17, 15) is 47.9 Å². The second-order valence-electron chi connectivity index (χ2n) is 18.5. The van der Waals surface area contributed by atoms with Crippen molar-refractivity contribution in [2.75, 3.05) is 52.9 Å². The van der Waals surface area contributed by atoms with Crippen LogP contribution in [0.25, 0.3) is 0 Å². The van der Waals surface area contributed by atoms with Crippen molar-refractivity contribution in [1.82, 2.24) is 0 Å². The molecule has 0 unspecified atom stereocenters. The monoisotopic (exact) mass is 1260 g/mol. The number of carbonyl (C=O) groups excluding carboxylic acids is 10. The van der Waals surface area contributed by atoms with Crippen molar-refractivity contribution >= 4 is 60.1 Å². The number of carbonyl (C=O) groups is 10. The summed E-state index contributed by atoms with van der Waals surface area (Å²) in [6, 6.07) is 33.2. The van der Waals surface area contributed by atoms with Gasteiger partial charge in [0.15, 0.2) is 0 Å². The van der Waals surface area contributed by atoms with Gasteiger partial charge in [-0.25, -0.2) is 47.9 Å². The number of esters is 8. The Bertz CT molecular complexity index is 3550. The first-order valence-electron chi connectivity index (χ1n) is 28.0. The molecule has 0 N–H and O–H groups in total. The van der Waals surface area contributed by atoms with Crippen LogP contribution in [0, 0.1) is 13.8 Å². The number of hydrogen-bond acceptors (Lipinski definition) is 24. The van der Waals surface area contributed by atoms with E-state index in [0.717, 1.165) is 24.3 Å². The first-order valence-corrected chi connectivity index (χ1v) is 28.0. The van der Waals surface area contributed by atoms with E-state index in [1.165, 1.54) is 66.7 Å². The maximum absolute atomic E-state index is 12.7. The van der Waals surface area contributed by atoms with Crippen molar-refractivity contribution in [2.24, 2.45) is 0 Å². The van der Waals surface area contributed by atoms with Crippen molar-refractivity contribution in [2.45, 2.75) is 39.5 Å². The summed E-state index contributed by atoms with van der Waals surface area (Å²) in [5.41, 5.74) is 2.10. The smallest absolute Gasteiger partial charge is 0.494 e. The van der Waals surface area contributed by atoms with Crippen LogP contribution in [-0.4, -0.2) is 113 Å². The number of benzene rings is 6. The molecule has 0 heterocycles. The van der Waals surface area contributed by atoms with Gasteiger partial charge < -0.3 is 66.3 Å². The average molecular weight is 1270 g/mol. The third kappa shape index (κ3) is 25.9. The summed E-state index contributed by atoms with van der Waals surface area (Å²) in [4.78, 5) is 118. The van der Waals surface area contributed by atoms with Gasteiger partial charge in [-0.15, -0.1) is 0 Å². The molecule has 0 aliphatic carbocycles. The van der Waals surface area contributed by atoms with Gasteiger partial charge in [0.05, 0.1) is 48.7 Å². The fourth-order valence-corrected chi connectivity index (χ4v) is 7.10. The molecule has 0 aliphatic heterocycles. The summed E-state index contributed by atoms with van der Waals surface area (Å²) < 4.78 is 71.9. The van der Waals surface area contributed by atoms with E-state index in [2.05, 4.69) is 35.8 Å². The van der Waals surface area contributed by atoms with Crippen LogP contribution in [0.3, 0.4) is 0 Å². The lowest BCUT2D eigenvalue weighted by Crippen LogP contribution is -2.16. The predicted molar refractivity (Wildman–Crippen MR) is 326 cm³/mol. The van der Waals surface area contributed by atoms with Gasteiger partial charge in [-0.3, -0.25) is 0 Å². The van der Waals surface area contributed by atoms with Gasteiger partial charge in [-0.1, -0.05) is 26.3 Å². The standard InChI is InChI=1S/C35H36O10.C33H28O14/c1-4-32(36)42-22-8-6-20-40-28-14-10-26(11-15-28)34(38)44-30-18-19-31(25(3)24-30)45-35(39)27-12-16-29(17-13-27)41-21-7-9-23-43-33(37)5-2;1-4-28(34)40-16-18-42-32(38)45-24-10-6-22(7-11-24)30(36)44-26-14-15-27(21(3)20-26)47-31(37)23-8-12-25(13-9-23)46-33(39)43-19-17-41-29(35)5-2/h4-5,10-19,24H,1-2,6-9,20-23H2,3H3;4-15,20H,1-2,16-19H2,3H3. The predicted octanol–water partition coefficient (Wildman–Crippen LogP) is 11.1. The van der Waals surface area contributed by atoms with Gasteiger partial charge >= 0.3 is 60.1 Å². The summed E-state index contributed by atoms with van der Waals surface area (Å²) in [6.45, 7) is 17.3. The lowest BCUT2D eigenvalue weighted by molar-refractivity contribution is -0.139. The van der Waals surface area contributed by atoms with E-state index in [1.54, 1.807) is 80.6 Å². The minimum absolute atomic E-state index is 0.0991.